The third kappa shape index (κ3) is 4.18. The van der Waals surface area contributed by atoms with Gasteiger partial charge in [-0.1, -0.05) is 43.6 Å². The predicted octanol–water partition coefficient (Wildman–Crippen LogP) is 5.44. The van der Waals surface area contributed by atoms with Crippen LogP contribution in [0.25, 0.3) is 9.88 Å². The average molecular weight is 427 g/mol. The summed E-state index contributed by atoms with van der Waals surface area (Å²) in [7, 11) is -3.62. The fourth-order valence-electron chi connectivity index (χ4n) is 2.39. The van der Waals surface area contributed by atoms with E-state index < -0.39 is 10.0 Å². The second-order valence-corrected chi connectivity index (χ2v) is 10.4. The van der Waals surface area contributed by atoms with Gasteiger partial charge in [0, 0.05) is 21.8 Å². The van der Waals surface area contributed by atoms with Crippen LogP contribution < -0.4 is 4.72 Å². The maximum atomic E-state index is 12.7. The van der Waals surface area contributed by atoms with Gasteiger partial charge in [-0.05, 0) is 30.5 Å². The maximum absolute atomic E-state index is 12.7. The van der Waals surface area contributed by atoms with Crippen molar-refractivity contribution in [3.8, 4) is 9.88 Å². The second-order valence-electron chi connectivity index (χ2n) is 6.18. The molecule has 1 N–H and O–H groups in total. The molecule has 1 aromatic carbocycles. The first-order valence-corrected chi connectivity index (χ1v) is 11.6. The lowest BCUT2D eigenvalue weighted by molar-refractivity contribution is 0.581. The Hall–Kier alpha value is -1.25. The zero-order valence-corrected chi connectivity index (χ0v) is 17.8. The van der Waals surface area contributed by atoms with Crippen molar-refractivity contribution in [2.45, 2.75) is 38.1 Å². The largest absolute Gasteiger partial charge is 0.241 e. The Morgan fingerprint density at radius 1 is 1.27 bits per heavy atom. The Kier molecular flexibility index (Phi) is 5.84. The lowest BCUT2D eigenvalue weighted by Crippen LogP contribution is -2.23. The Balaban J connectivity index is 1.84. The molecule has 0 bridgehead atoms. The number of rotatable bonds is 6. The summed E-state index contributed by atoms with van der Waals surface area (Å²) in [5.41, 5.74) is 1.77. The molecule has 0 saturated carbocycles. The van der Waals surface area contributed by atoms with Gasteiger partial charge in [-0.15, -0.1) is 22.7 Å². The number of thiophene rings is 1. The summed E-state index contributed by atoms with van der Waals surface area (Å²) >= 11 is 9.09. The summed E-state index contributed by atoms with van der Waals surface area (Å²) in [4.78, 5) is 6.53. The first-order chi connectivity index (χ1) is 12.3. The van der Waals surface area contributed by atoms with Crippen LogP contribution in [0.1, 0.15) is 35.9 Å². The number of aromatic nitrogens is 1. The van der Waals surface area contributed by atoms with Crippen LogP contribution in [-0.4, -0.2) is 13.4 Å². The van der Waals surface area contributed by atoms with E-state index in [1.165, 1.54) is 11.3 Å². The van der Waals surface area contributed by atoms with Crippen molar-refractivity contribution in [1.29, 1.82) is 0 Å². The molecule has 2 aromatic heterocycles. The van der Waals surface area contributed by atoms with Gasteiger partial charge < -0.3 is 0 Å². The highest BCUT2D eigenvalue weighted by atomic mass is 35.5. The van der Waals surface area contributed by atoms with Gasteiger partial charge in [0.25, 0.3) is 0 Å². The standard InChI is InChI=1S/C18H19ClN2O2S3/c1-11(2)15-10-24-18(21-15)16-8-17(12(3)25-16)26(22,23)20-9-13-6-4-5-7-14(13)19/h4-8,10-11,20H,9H2,1-3H3. The Morgan fingerprint density at radius 2 is 2.00 bits per heavy atom. The van der Waals surface area contributed by atoms with Crippen LogP contribution in [-0.2, 0) is 16.6 Å². The van der Waals surface area contributed by atoms with Gasteiger partial charge in [0.1, 0.15) is 5.01 Å². The molecule has 0 saturated heterocycles. The van der Waals surface area contributed by atoms with Crippen LogP contribution in [0.3, 0.4) is 0 Å². The fraction of sp³-hybridized carbons (Fsp3) is 0.278. The number of aryl methyl sites for hydroxylation is 1. The summed E-state index contributed by atoms with van der Waals surface area (Å²) in [6.45, 7) is 6.15. The van der Waals surface area contributed by atoms with E-state index in [2.05, 4.69) is 23.6 Å². The Bertz CT molecular complexity index is 1020. The quantitative estimate of drug-likeness (QED) is 0.571. The monoisotopic (exact) mass is 426 g/mol. The lowest BCUT2D eigenvalue weighted by Gasteiger charge is -2.07. The van der Waals surface area contributed by atoms with Gasteiger partial charge >= 0.3 is 0 Å². The van der Waals surface area contributed by atoms with Crippen LogP contribution in [0.15, 0.2) is 40.6 Å². The van der Waals surface area contributed by atoms with Crippen LogP contribution >= 0.6 is 34.3 Å². The average Bonchev–Trinajstić information content (AvgIpc) is 3.21. The van der Waals surface area contributed by atoms with Gasteiger partial charge in [0.2, 0.25) is 10.0 Å². The van der Waals surface area contributed by atoms with E-state index in [0.29, 0.717) is 15.8 Å². The minimum absolute atomic E-state index is 0.154. The molecular formula is C18H19ClN2O2S3. The summed E-state index contributed by atoms with van der Waals surface area (Å²) in [6, 6.07) is 8.90. The van der Waals surface area contributed by atoms with Gasteiger partial charge in [0.15, 0.2) is 0 Å². The first-order valence-electron chi connectivity index (χ1n) is 8.07. The summed E-state index contributed by atoms with van der Waals surface area (Å²) < 4.78 is 28.1. The van der Waals surface area contributed by atoms with Crippen molar-refractivity contribution in [1.82, 2.24) is 9.71 Å². The lowest BCUT2D eigenvalue weighted by atomic mass is 10.2. The minimum Gasteiger partial charge on any atom is -0.240 e. The van der Waals surface area contributed by atoms with E-state index in [1.807, 2.05) is 24.4 Å². The molecule has 0 aliphatic heterocycles. The van der Waals surface area contributed by atoms with Crippen molar-refractivity contribution < 1.29 is 8.42 Å². The molecule has 0 aliphatic rings. The Morgan fingerprint density at radius 3 is 2.65 bits per heavy atom. The highest BCUT2D eigenvalue weighted by Gasteiger charge is 2.22. The maximum Gasteiger partial charge on any atom is 0.241 e. The molecule has 0 spiro atoms. The van der Waals surface area contributed by atoms with Crippen LogP contribution in [0.4, 0.5) is 0 Å². The molecule has 2 heterocycles. The molecule has 0 aliphatic carbocycles. The molecule has 138 valence electrons. The molecule has 3 aromatic rings. The van der Waals surface area contributed by atoms with Gasteiger partial charge in [0.05, 0.1) is 15.5 Å². The Labute approximate surface area is 166 Å². The van der Waals surface area contributed by atoms with Crippen molar-refractivity contribution >= 4 is 44.3 Å². The van der Waals surface area contributed by atoms with E-state index in [0.717, 1.165) is 26.0 Å². The number of halogens is 1. The van der Waals surface area contributed by atoms with Crippen molar-refractivity contribution in [3.63, 3.8) is 0 Å². The number of thiazole rings is 1. The molecule has 8 heteroatoms. The molecule has 0 amide bonds. The molecule has 0 radical (unpaired) electrons. The van der Waals surface area contributed by atoms with Crippen molar-refractivity contribution in [2.75, 3.05) is 0 Å². The van der Waals surface area contributed by atoms with Gasteiger partial charge in [-0.2, -0.15) is 0 Å². The number of sulfonamides is 1. The predicted molar refractivity (Wildman–Crippen MR) is 110 cm³/mol. The third-order valence-electron chi connectivity index (χ3n) is 3.90. The SMILES string of the molecule is Cc1sc(-c2nc(C(C)C)cs2)cc1S(=O)(=O)NCc1ccccc1Cl. The fourth-order valence-corrected chi connectivity index (χ4v) is 6.24. The van der Waals surface area contributed by atoms with E-state index in [9.17, 15) is 8.42 Å². The zero-order chi connectivity index (χ0) is 18.9. The summed E-state index contributed by atoms with van der Waals surface area (Å²) in [5.74, 6) is 0.349. The van der Waals surface area contributed by atoms with Crippen molar-refractivity contribution in [2.24, 2.45) is 0 Å². The van der Waals surface area contributed by atoms with Gasteiger partial charge in [-0.3, -0.25) is 0 Å². The molecule has 0 atom stereocenters. The topological polar surface area (TPSA) is 59.1 Å². The zero-order valence-electron chi connectivity index (χ0n) is 14.6. The van der Waals surface area contributed by atoms with E-state index in [4.69, 9.17) is 11.6 Å². The molecular weight excluding hydrogens is 408 g/mol. The summed E-state index contributed by atoms with van der Waals surface area (Å²) in [5, 5.41) is 3.43. The summed E-state index contributed by atoms with van der Waals surface area (Å²) in [6.07, 6.45) is 0. The van der Waals surface area contributed by atoms with Crippen molar-refractivity contribution in [3.05, 3.63) is 56.9 Å². The highest BCUT2D eigenvalue weighted by Crippen LogP contribution is 2.36. The number of nitrogens with zero attached hydrogens (tertiary/aromatic N) is 1. The molecule has 0 unspecified atom stereocenters. The molecule has 26 heavy (non-hydrogen) atoms. The third-order valence-corrected chi connectivity index (χ3v) is 8.00. The van der Waals surface area contributed by atoms with E-state index in [-0.39, 0.29) is 6.54 Å². The number of benzene rings is 1. The van der Waals surface area contributed by atoms with E-state index >= 15 is 0 Å². The molecule has 0 fully saturated rings. The van der Waals surface area contributed by atoms with Crippen LogP contribution in [0.5, 0.6) is 0 Å². The van der Waals surface area contributed by atoms with E-state index in [1.54, 1.807) is 29.5 Å². The highest BCUT2D eigenvalue weighted by molar-refractivity contribution is 7.89. The smallest absolute Gasteiger partial charge is 0.240 e. The minimum atomic E-state index is -3.62. The molecule has 3 rings (SSSR count). The molecule has 4 nitrogen and oxygen atoms in total. The number of nitrogens with one attached hydrogen (secondary N) is 1. The number of hydrogen-bond donors (Lipinski definition) is 1. The van der Waals surface area contributed by atoms with Gasteiger partial charge in [-0.25, -0.2) is 18.1 Å². The normalized spacial score (nSPS) is 12.0. The first kappa shape index (κ1) is 19.5. The van der Waals surface area contributed by atoms with Crippen LogP contribution in [0.2, 0.25) is 5.02 Å². The number of hydrogen-bond acceptors (Lipinski definition) is 5. The van der Waals surface area contributed by atoms with Crippen LogP contribution in [0, 0.1) is 6.92 Å². The second kappa shape index (κ2) is 7.78.